The summed E-state index contributed by atoms with van der Waals surface area (Å²) in [6, 6.07) is 4.69. The number of carbonyl (C=O) groups excluding carboxylic acids is 1. The van der Waals surface area contributed by atoms with Gasteiger partial charge in [-0.3, -0.25) is 9.78 Å². The third-order valence-corrected chi connectivity index (χ3v) is 5.90. The molecule has 2 rings (SSSR count). The number of halogens is 3. The Morgan fingerprint density at radius 1 is 1.25 bits per heavy atom. The van der Waals surface area contributed by atoms with Crippen LogP contribution in [0.2, 0.25) is 0 Å². The van der Waals surface area contributed by atoms with Gasteiger partial charge >= 0.3 is 6.18 Å². The van der Waals surface area contributed by atoms with Gasteiger partial charge in [-0.15, -0.1) is 11.3 Å². The zero-order chi connectivity index (χ0) is 18.0. The van der Waals surface area contributed by atoms with Crippen molar-refractivity contribution in [1.29, 1.82) is 0 Å². The number of rotatable bonds is 5. The smallest absolute Gasteiger partial charge is 0.347 e. The van der Waals surface area contributed by atoms with Crippen LogP contribution in [0, 0.1) is 0 Å². The highest BCUT2D eigenvalue weighted by Gasteiger charge is 2.32. The number of alkyl halides is 3. The van der Waals surface area contributed by atoms with Crippen LogP contribution in [0.1, 0.15) is 20.9 Å². The highest BCUT2D eigenvalue weighted by Crippen LogP contribution is 2.27. The Kier molecular flexibility index (Phi) is 5.26. The Labute approximate surface area is 139 Å². The minimum atomic E-state index is -4.57. The lowest BCUT2D eigenvalue weighted by atomic mass is 10.2. The molecular formula is C13H12F3N3O3S2. The fourth-order valence-corrected chi connectivity index (χ4v) is 3.80. The maximum absolute atomic E-state index is 12.4. The van der Waals surface area contributed by atoms with E-state index in [1.165, 1.54) is 13.1 Å². The summed E-state index contributed by atoms with van der Waals surface area (Å²) in [6.45, 7) is 0.0454. The van der Waals surface area contributed by atoms with E-state index in [0.717, 1.165) is 29.7 Å². The molecule has 130 valence electrons. The number of hydrogen-bond donors (Lipinski definition) is 2. The molecule has 0 fully saturated rings. The third-order valence-electron chi connectivity index (χ3n) is 2.91. The first kappa shape index (κ1) is 18.4. The van der Waals surface area contributed by atoms with Gasteiger partial charge in [-0.25, -0.2) is 13.1 Å². The Bertz CT molecular complexity index is 830. The number of sulfonamides is 1. The summed E-state index contributed by atoms with van der Waals surface area (Å²) in [7, 11) is -2.26. The van der Waals surface area contributed by atoms with Crippen molar-refractivity contribution in [3.05, 3.63) is 46.6 Å². The molecular weight excluding hydrogens is 367 g/mol. The van der Waals surface area contributed by atoms with Gasteiger partial charge in [0.05, 0.1) is 12.1 Å². The van der Waals surface area contributed by atoms with Crippen molar-refractivity contribution in [3.63, 3.8) is 0 Å². The predicted molar refractivity (Wildman–Crippen MR) is 81.0 cm³/mol. The van der Waals surface area contributed by atoms with Gasteiger partial charge in [0.15, 0.2) is 0 Å². The lowest BCUT2D eigenvalue weighted by Crippen LogP contribution is -2.22. The minimum absolute atomic E-state index is 0.0253. The first-order valence-corrected chi connectivity index (χ1v) is 8.77. The van der Waals surface area contributed by atoms with Crippen molar-refractivity contribution < 1.29 is 26.4 Å². The monoisotopic (exact) mass is 379 g/mol. The van der Waals surface area contributed by atoms with Gasteiger partial charge in [0.2, 0.25) is 10.0 Å². The molecule has 0 bridgehead atoms. The number of hydrogen-bond acceptors (Lipinski definition) is 5. The standard InChI is InChI=1S/C13H12F3N3O3S2/c1-17-24(21,22)11-5-3-9(23-11)7-19-12(20)8-2-4-10(18-6-8)13(14,15)16/h2-6,17H,7H2,1H3,(H,19,20). The second-order valence-electron chi connectivity index (χ2n) is 4.54. The van der Waals surface area contributed by atoms with Gasteiger partial charge in [0.1, 0.15) is 9.90 Å². The van der Waals surface area contributed by atoms with Crippen LogP contribution < -0.4 is 10.0 Å². The average Bonchev–Trinajstić information content (AvgIpc) is 3.01. The number of pyridine rings is 1. The Morgan fingerprint density at radius 3 is 2.50 bits per heavy atom. The van der Waals surface area contributed by atoms with E-state index in [2.05, 4.69) is 15.0 Å². The highest BCUT2D eigenvalue weighted by atomic mass is 32.2. The number of aromatic nitrogens is 1. The molecule has 0 aliphatic rings. The number of thiophene rings is 1. The molecule has 0 saturated carbocycles. The van der Waals surface area contributed by atoms with Crippen molar-refractivity contribution in [2.75, 3.05) is 7.05 Å². The summed E-state index contributed by atoms with van der Waals surface area (Å²) in [5, 5.41) is 2.49. The molecule has 0 aliphatic carbocycles. The van der Waals surface area contributed by atoms with Gasteiger partial charge in [-0.1, -0.05) is 0 Å². The van der Waals surface area contributed by atoms with Gasteiger partial charge in [0, 0.05) is 11.1 Å². The van der Waals surface area contributed by atoms with E-state index in [1.54, 1.807) is 6.07 Å². The second kappa shape index (κ2) is 6.87. The molecule has 6 nitrogen and oxygen atoms in total. The summed E-state index contributed by atoms with van der Waals surface area (Å²) in [5.41, 5.74) is -1.11. The molecule has 2 heterocycles. The van der Waals surface area contributed by atoms with Crippen molar-refractivity contribution in [2.45, 2.75) is 16.9 Å². The van der Waals surface area contributed by atoms with Crippen LogP contribution in [-0.4, -0.2) is 26.4 Å². The summed E-state index contributed by atoms with van der Waals surface area (Å²) in [4.78, 5) is 15.7. The van der Waals surface area contributed by atoms with Gasteiger partial charge in [-0.2, -0.15) is 13.2 Å². The largest absolute Gasteiger partial charge is 0.433 e. The Morgan fingerprint density at radius 2 is 1.96 bits per heavy atom. The molecule has 11 heteroatoms. The number of carbonyl (C=O) groups is 1. The van der Waals surface area contributed by atoms with E-state index in [4.69, 9.17) is 0 Å². The Balaban J connectivity index is 2.01. The van der Waals surface area contributed by atoms with Crippen LogP contribution in [0.15, 0.2) is 34.7 Å². The maximum atomic E-state index is 12.4. The number of nitrogens with one attached hydrogen (secondary N) is 2. The molecule has 0 radical (unpaired) electrons. The summed E-state index contributed by atoms with van der Waals surface area (Å²) < 4.78 is 62.7. The summed E-state index contributed by atoms with van der Waals surface area (Å²) in [5.74, 6) is -0.609. The first-order chi connectivity index (χ1) is 11.1. The number of nitrogens with zero attached hydrogens (tertiary/aromatic N) is 1. The molecule has 1 amide bonds. The minimum Gasteiger partial charge on any atom is -0.347 e. The van der Waals surface area contributed by atoms with E-state index >= 15 is 0 Å². The van der Waals surface area contributed by atoms with Crippen molar-refractivity contribution >= 4 is 27.3 Å². The third kappa shape index (κ3) is 4.30. The lowest BCUT2D eigenvalue weighted by molar-refractivity contribution is -0.141. The predicted octanol–water partition coefficient (Wildman–Crippen LogP) is 2.00. The molecule has 0 aromatic carbocycles. The topological polar surface area (TPSA) is 88.2 Å². The molecule has 0 aliphatic heterocycles. The van der Waals surface area contributed by atoms with Crippen molar-refractivity contribution in [2.24, 2.45) is 0 Å². The zero-order valence-corrected chi connectivity index (χ0v) is 13.8. The van der Waals surface area contributed by atoms with E-state index in [9.17, 15) is 26.4 Å². The highest BCUT2D eigenvalue weighted by molar-refractivity contribution is 7.91. The van der Waals surface area contributed by atoms with Crippen LogP contribution in [0.3, 0.4) is 0 Å². The van der Waals surface area contributed by atoms with E-state index in [-0.39, 0.29) is 16.3 Å². The Hall–Kier alpha value is -1.98. The summed E-state index contributed by atoms with van der Waals surface area (Å²) >= 11 is 0.978. The van der Waals surface area contributed by atoms with Crippen molar-refractivity contribution in [1.82, 2.24) is 15.0 Å². The van der Waals surface area contributed by atoms with E-state index in [0.29, 0.717) is 4.88 Å². The maximum Gasteiger partial charge on any atom is 0.433 e. The van der Waals surface area contributed by atoms with Crippen LogP contribution >= 0.6 is 11.3 Å². The normalized spacial score (nSPS) is 12.2. The first-order valence-electron chi connectivity index (χ1n) is 6.47. The van der Waals surface area contributed by atoms with Gasteiger partial charge < -0.3 is 5.32 Å². The quantitative estimate of drug-likeness (QED) is 0.832. The number of amides is 1. The SMILES string of the molecule is CNS(=O)(=O)c1ccc(CNC(=O)c2ccc(C(F)(F)F)nc2)s1. The molecule has 2 aromatic rings. The molecule has 24 heavy (non-hydrogen) atoms. The van der Waals surface area contributed by atoms with E-state index in [1.807, 2.05) is 0 Å². The molecule has 0 unspecified atom stereocenters. The molecule has 2 aromatic heterocycles. The molecule has 0 spiro atoms. The fourth-order valence-electron chi connectivity index (χ4n) is 1.66. The average molecular weight is 379 g/mol. The van der Waals surface area contributed by atoms with Crippen molar-refractivity contribution in [3.8, 4) is 0 Å². The van der Waals surface area contributed by atoms with Crippen LogP contribution in [-0.2, 0) is 22.7 Å². The molecule has 0 saturated heterocycles. The van der Waals surface area contributed by atoms with E-state index < -0.39 is 27.8 Å². The second-order valence-corrected chi connectivity index (χ2v) is 7.82. The van der Waals surface area contributed by atoms with Gasteiger partial charge in [-0.05, 0) is 31.3 Å². The van der Waals surface area contributed by atoms with Crippen LogP contribution in [0.5, 0.6) is 0 Å². The van der Waals surface area contributed by atoms with Crippen LogP contribution in [0.25, 0.3) is 0 Å². The molecule has 2 N–H and O–H groups in total. The molecule has 0 atom stereocenters. The zero-order valence-electron chi connectivity index (χ0n) is 12.2. The van der Waals surface area contributed by atoms with Gasteiger partial charge in [0.25, 0.3) is 5.91 Å². The summed E-state index contributed by atoms with van der Waals surface area (Å²) in [6.07, 6.45) is -3.73. The van der Waals surface area contributed by atoms with Crippen LogP contribution in [0.4, 0.5) is 13.2 Å². The fraction of sp³-hybridized carbons (Fsp3) is 0.231. The lowest BCUT2D eigenvalue weighted by Gasteiger charge is -2.07.